The van der Waals surface area contributed by atoms with Gasteiger partial charge in [0.2, 0.25) is 5.91 Å². The minimum absolute atomic E-state index is 0.201. The van der Waals surface area contributed by atoms with E-state index in [0.717, 1.165) is 59.4 Å². The number of thioether (sulfide) groups is 1. The van der Waals surface area contributed by atoms with Crippen molar-refractivity contribution in [1.82, 2.24) is 25.2 Å². The van der Waals surface area contributed by atoms with Crippen molar-refractivity contribution < 1.29 is 35.1 Å². The summed E-state index contributed by atoms with van der Waals surface area (Å²) in [6.07, 6.45) is 4.32. The summed E-state index contributed by atoms with van der Waals surface area (Å²) >= 11 is 1.46. The summed E-state index contributed by atoms with van der Waals surface area (Å²) in [5.74, 6) is 1.27. The Balaban J connectivity index is 1.13. The van der Waals surface area contributed by atoms with Gasteiger partial charge < -0.3 is 40.5 Å². The Kier molecular flexibility index (Phi) is 11.8. The molecule has 0 aliphatic heterocycles. The van der Waals surface area contributed by atoms with Crippen LogP contribution in [0.5, 0.6) is 5.75 Å². The van der Waals surface area contributed by atoms with Crippen LogP contribution in [0.4, 0.5) is 0 Å². The number of pyridine rings is 1. The van der Waals surface area contributed by atoms with Crippen LogP contribution >= 0.6 is 11.8 Å². The quantitative estimate of drug-likeness (QED) is 0.0660. The number of aromatic nitrogens is 3. The number of nitrogens with one attached hydrogen (secondary N) is 1. The molecule has 13 heteroatoms. The maximum absolute atomic E-state index is 12.6. The van der Waals surface area contributed by atoms with E-state index in [2.05, 4.69) is 27.4 Å². The summed E-state index contributed by atoms with van der Waals surface area (Å²) in [5, 5.41) is 52.8. The molecular weight excluding hydrogens is 622 g/mol. The number of hydrogen-bond donors (Lipinski definition) is 6. The number of rotatable bonds is 18. The third kappa shape index (κ3) is 9.05. The summed E-state index contributed by atoms with van der Waals surface area (Å²) < 4.78 is 6.24. The van der Waals surface area contributed by atoms with Crippen molar-refractivity contribution in [2.24, 2.45) is 0 Å². The van der Waals surface area contributed by atoms with Crippen LogP contribution in [0.1, 0.15) is 55.3 Å². The molecule has 2 fully saturated rings. The number of aryl methyl sites for hydroxylation is 1. The molecule has 0 saturated heterocycles. The Hall–Kier alpha value is -3.17. The van der Waals surface area contributed by atoms with Crippen LogP contribution in [0, 0.1) is 6.92 Å². The number of para-hydroxylation sites is 1. The topological polar surface area (TPSA) is 181 Å². The second-order valence-corrected chi connectivity index (χ2v) is 13.5. The molecule has 0 unspecified atom stereocenters. The lowest BCUT2D eigenvalue weighted by atomic mass is 9.94. The first kappa shape index (κ1) is 35.1. The van der Waals surface area contributed by atoms with Gasteiger partial charge in [-0.3, -0.25) is 9.78 Å². The first-order valence-corrected chi connectivity index (χ1v) is 17.1. The zero-order chi connectivity index (χ0) is 33.6. The SMILES string of the molecule is Cc1cnc(SCCCC(=O)N(C)C[C@H](O)[C@@H](O)[C@H](O)[C@H](O)CO)nc1CNC1(c2cnccc2-c2ccccc2OC2CC2)CC1. The van der Waals surface area contributed by atoms with Gasteiger partial charge in [0.15, 0.2) is 5.16 Å². The maximum atomic E-state index is 12.6. The molecule has 6 N–H and O–H groups in total. The molecule has 2 aromatic heterocycles. The zero-order valence-corrected chi connectivity index (χ0v) is 27.6. The molecule has 2 heterocycles. The van der Waals surface area contributed by atoms with Crippen molar-refractivity contribution in [3.63, 3.8) is 0 Å². The predicted molar refractivity (Wildman–Crippen MR) is 177 cm³/mol. The number of aliphatic hydroxyl groups excluding tert-OH is 5. The average molecular weight is 668 g/mol. The first-order valence-electron chi connectivity index (χ1n) is 16.1. The number of aliphatic hydroxyl groups is 5. The summed E-state index contributed by atoms with van der Waals surface area (Å²) in [7, 11) is 1.49. The van der Waals surface area contributed by atoms with Crippen LogP contribution in [-0.2, 0) is 16.9 Å². The lowest BCUT2D eigenvalue weighted by Crippen LogP contribution is -2.49. The van der Waals surface area contributed by atoms with Crippen LogP contribution in [-0.4, -0.2) is 108 Å². The van der Waals surface area contributed by atoms with Gasteiger partial charge in [-0.1, -0.05) is 30.0 Å². The van der Waals surface area contributed by atoms with Crippen molar-refractivity contribution in [1.29, 1.82) is 0 Å². The summed E-state index contributed by atoms with van der Waals surface area (Å²) in [6.45, 7) is 1.56. The predicted octanol–water partition coefficient (Wildman–Crippen LogP) is 1.93. The van der Waals surface area contributed by atoms with E-state index < -0.39 is 31.0 Å². The third-order valence-corrected chi connectivity index (χ3v) is 9.66. The largest absolute Gasteiger partial charge is 0.490 e. The highest BCUT2D eigenvalue weighted by molar-refractivity contribution is 7.99. The van der Waals surface area contributed by atoms with Gasteiger partial charge in [0.1, 0.15) is 30.2 Å². The van der Waals surface area contributed by atoms with E-state index in [1.807, 2.05) is 43.7 Å². The van der Waals surface area contributed by atoms with Crippen LogP contribution in [0.15, 0.2) is 54.1 Å². The highest BCUT2D eigenvalue weighted by Gasteiger charge is 2.46. The van der Waals surface area contributed by atoms with Crippen LogP contribution in [0.2, 0.25) is 0 Å². The maximum Gasteiger partial charge on any atom is 0.222 e. The molecule has 2 aliphatic carbocycles. The second-order valence-electron chi connectivity index (χ2n) is 12.5. The smallest absolute Gasteiger partial charge is 0.222 e. The van der Waals surface area contributed by atoms with Gasteiger partial charge in [0.25, 0.3) is 0 Å². The highest BCUT2D eigenvalue weighted by atomic mass is 32.2. The van der Waals surface area contributed by atoms with Gasteiger partial charge in [0, 0.05) is 62.0 Å². The van der Waals surface area contributed by atoms with Gasteiger partial charge >= 0.3 is 0 Å². The number of ether oxygens (including phenoxy) is 1. The van der Waals surface area contributed by atoms with E-state index in [1.165, 1.54) is 23.7 Å². The number of amides is 1. The van der Waals surface area contributed by atoms with E-state index in [0.29, 0.717) is 30.0 Å². The van der Waals surface area contributed by atoms with Crippen LogP contribution in [0.25, 0.3) is 11.1 Å². The Labute approximate surface area is 279 Å². The summed E-state index contributed by atoms with van der Waals surface area (Å²) in [4.78, 5) is 27.6. The van der Waals surface area contributed by atoms with Crippen molar-refractivity contribution in [2.45, 2.75) is 93.2 Å². The highest BCUT2D eigenvalue weighted by Crippen LogP contribution is 2.50. The van der Waals surface area contributed by atoms with E-state index in [9.17, 15) is 25.2 Å². The molecule has 2 aliphatic rings. The third-order valence-electron chi connectivity index (χ3n) is 8.71. The van der Waals surface area contributed by atoms with E-state index >= 15 is 0 Å². The molecule has 4 atom stereocenters. The minimum Gasteiger partial charge on any atom is -0.490 e. The average Bonchev–Trinajstić information content (AvgIpc) is 4.03. The van der Waals surface area contributed by atoms with Crippen LogP contribution in [0.3, 0.4) is 0 Å². The van der Waals surface area contributed by atoms with Gasteiger partial charge in [-0.05, 0) is 67.9 Å². The molecule has 0 bridgehead atoms. The van der Waals surface area contributed by atoms with Gasteiger partial charge in [-0.2, -0.15) is 0 Å². The van der Waals surface area contributed by atoms with Crippen molar-refractivity contribution in [3.05, 3.63) is 65.7 Å². The molecule has 0 spiro atoms. The standard InChI is InChI=1S/C34H45N5O7S/c1-21-16-36-33(47-15-5-8-30(43)39(2)19-27(41)31(44)32(45)28(42)20-40)38-26(21)18-37-34(12-13-34)25-17-35-14-11-23(25)24-6-3-4-7-29(24)46-22-9-10-22/h3-4,6-7,11,14,16-17,22,27-28,31-32,37,40-42,44-45H,5,8-10,12-13,15,18-20H2,1-2H3/t27-,28+,31+,32+/m0/s1. The zero-order valence-electron chi connectivity index (χ0n) is 26.8. The number of hydrogen-bond acceptors (Lipinski definition) is 12. The normalized spacial score (nSPS) is 17.9. The molecular formula is C34H45N5O7S. The second kappa shape index (κ2) is 15.8. The molecule has 47 heavy (non-hydrogen) atoms. The number of carbonyl (C=O) groups excluding carboxylic acids is 1. The number of benzene rings is 1. The lowest BCUT2D eigenvalue weighted by molar-refractivity contribution is -0.138. The molecule has 5 rings (SSSR count). The molecule has 254 valence electrons. The Morgan fingerprint density at radius 1 is 1.09 bits per heavy atom. The Morgan fingerprint density at radius 3 is 2.55 bits per heavy atom. The molecule has 1 aromatic carbocycles. The van der Waals surface area contributed by atoms with Crippen molar-refractivity contribution >= 4 is 17.7 Å². The summed E-state index contributed by atoms with van der Waals surface area (Å²) in [6, 6.07) is 10.3. The molecule has 0 radical (unpaired) electrons. The fraction of sp³-hybridized carbons (Fsp3) is 0.529. The van der Waals surface area contributed by atoms with E-state index in [4.69, 9.17) is 14.8 Å². The lowest BCUT2D eigenvalue weighted by Gasteiger charge is -2.28. The minimum atomic E-state index is -1.73. The Bertz CT molecular complexity index is 1510. The van der Waals surface area contributed by atoms with Gasteiger partial charge in [0.05, 0.1) is 18.4 Å². The fourth-order valence-corrected chi connectivity index (χ4v) is 6.20. The first-order chi connectivity index (χ1) is 22.6. The number of nitrogens with zero attached hydrogens (tertiary/aromatic N) is 4. The molecule has 3 aromatic rings. The van der Waals surface area contributed by atoms with E-state index in [1.54, 1.807) is 0 Å². The van der Waals surface area contributed by atoms with Crippen molar-refractivity contribution in [2.75, 3.05) is 26.0 Å². The fourth-order valence-electron chi connectivity index (χ4n) is 5.43. The van der Waals surface area contributed by atoms with Crippen LogP contribution < -0.4 is 10.1 Å². The number of carbonyl (C=O) groups is 1. The van der Waals surface area contributed by atoms with E-state index in [-0.39, 0.29) is 24.4 Å². The van der Waals surface area contributed by atoms with Gasteiger partial charge in [-0.15, -0.1) is 0 Å². The summed E-state index contributed by atoms with van der Waals surface area (Å²) in [5.41, 5.74) is 5.06. The Morgan fingerprint density at radius 2 is 1.83 bits per heavy atom. The molecule has 1 amide bonds. The molecule has 2 saturated carbocycles. The molecule has 12 nitrogen and oxygen atoms in total. The van der Waals surface area contributed by atoms with Gasteiger partial charge in [-0.25, -0.2) is 9.97 Å². The number of likely N-dealkylation sites (N-methyl/N-ethyl adjacent to an activating group) is 1. The van der Waals surface area contributed by atoms with Crippen molar-refractivity contribution in [3.8, 4) is 16.9 Å². The monoisotopic (exact) mass is 667 g/mol.